The fourth-order valence-corrected chi connectivity index (χ4v) is 2.43. The van der Waals surface area contributed by atoms with E-state index < -0.39 is 0 Å². The van der Waals surface area contributed by atoms with Crippen molar-refractivity contribution in [3.8, 4) is 0 Å². The molecule has 0 radical (unpaired) electrons. The molecule has 1 aromatic rings. The van der Waals surface area contributed by atoms with Crippen molar-refractivity contribution in [2.45, 2.75) is 18.9 Å². The Morgan fingerprint density at radius 1 is 1.53 bits per heavy atom. The molecule has 0 aliphatic carbocycles. The van der Waals surface area contributed by atoms with Crippen LogP contribution in [0, 0.1) is 0 Å². The van der Waals surface area contributed by atoms with E-state index in [-0.39, 0.29) is 0 Å². The Morgan fingerprint density at radius 2 is 2.29 bits per heavy atom. The van der Waals surface area contributed by atoms with Crippen LogP contribution in [0.1, 0.15) is 12.8 Å². The van der Waals surface area contributed by atoms with E-state index in [0.717, 1.165) is 21.6 Å². The molecule has 0 aliphatic heterocycles. The van der Waals surface area contributed by atoms with Gasteiger partial charge in [-0.3, -0.25) is 0 Å². The van der Waals surface area contributed by atoms with Crippen molar-refractivity contribution in [1.82, 2.24) is 0 Å². The number of hydrogen-bond acceptors (Lipinski definition) is 3. The summed E-state index contributed by atoms with van der Waals surface area (Å²) in [4.78, 5) is 0. The van der Waals surface area contributed by atoms with Crippen molar-refractivity contribution in [2.75, 3.05) is 23.9 Å². The SMILES string of the molecule is CSCCCC(CN)Nc1ccc(Br)c(Cl)c1. The van der Waals surface area contributed by atoms with Crippen LogP contribution in [0.3, 0.4) is 0 Å². The Kier molecular flexibility index (Phi) is 7.35. The van der Waals surface area contributed by atoms with Crippen LogP contribution in [0.2, 0.25) is 5.02 Å². The molecule has 0 saturated carbocycles. The number of benzene rings is 1. The second-order valence-corrected chi connectivity index (χ2v) is 6.09. The quantitative estimate of drug-likeness (QED) is 0.739. The fraction of sp³-hybridized carbons (Fsp3) is 0.500. The molecule has 0 aromatic heterocycles. The third kappa shape index (κ3) is 5.51. The first-order chi connectivity index (χ1) is 8.17. The second kappa shape index (κ2) is 8.25. The van der Waals surface area contributed by atoms with Gasteiger partial charge in [-0.05, 0) is 59.0 Å². The zero-order valence-electron chi connectivity index (χ0n) is 9.88. The summed E-state index contributed by atoms with van der Waals surface area (Å²) in [7, 11) is 0. The third-order valence-electron chi connectivity index (χ3n) is 2.48. The minimum Gasteiger partial charge on any atom is -0.381 e. The molecule has 1 atom stereocenters. The molecule has 1 unspecified atom stereocenters. The predicted molar refractivity (Wildman–Crippen MR) is 83.2 cm³/mol. The van der Waals surface area contributed by atoms with E-state index in [1.807, 2.05) is 30.0 Å². The summed E-state index contributed by atoms with van der Waals surface area (Å²) in [5, 5.41) is 4.13. The topological polar surface area (TPSA) is 38.0 Å². The molecule has 17 heavy (non-hydrogen) atoms. The summed E-state index contributed by atoms with van der Waals surface area (Å²) in [6.07, 6.45) is 4.39. The predicted octanol–water partition coefficient (Wildman–Crippen LogP) is 3.98. The lowest BCUT2D eigenvalue weighted by molar-refractivity contribution is 0.652. The molecule has 0 aliphatic rings. The van der Waals surface area contributed by atoms with Gasteiger partial charge in [0, 0.05) is 22.7 Å². The molecule has 5 heteroatoms. The van der Waals surface area contributed by atoms with Crippen LogP contribution in [0.4, 0.5) is 5.69 Å². The minimum absolute atomic E-state index is 0.319. The lowest BCUT2D eigenvalue weighted by Gasteiger charge is -2.18. The van der Waals surface area contributed by atoms with Gasteiger partial charge < -0.3 is 11.1 Å². The van der Waals surface area contributed by atoms with E-state index in [2.05, 4.69) is 27.5 Å². The van der Waals surface area contributed by atoms with Gasteiger partial charge in [0.2, 0.25) is 0 Å². The van der Waals surface area contributed by atoms with Crippen LogP contribution in [0.25, 0.3) is 0 Å². The summed E-state index contributed by atoms with van der Waals surface area (Å²) < 4.78 is 0.913. The van der Waals surface area contributed by atoms with Gasteiger partial charge in [0.15, 0.2) is 0 Å². The van der Waals surface area contributed by atoms with Gasteiger partial charge in [-0.1, -0.05) is 11.6 Å². The molecule has 3 N–H and O–H groups in total. The van der Waals surface area contributed by atoms with E-state index in [4.69, 9.17) is 17.3 Å². The molecule has 1 aromatic carbocycles. The van der Waals surface area contributed by atoms with Crippen molar-refractivity contribution < 1.29 is 0 Å². The first-order valence-electron chi connectivity index (χ1n) is 5.58. The van der Waals surface area contributed by atoms with Crippen LogP contribution < -0.4 is 11.1 Å². The smallest absolute Gasteiger partial charge is 0.0568 e. The number of hydrogen-bond donors (Lipinski definition) is 2. The molecule has 2 nitrogen and oxygen atoms in total. The van der Waals surface area contributed by atoms with Gasteiger partial charge in [0.05, 0.1) is 5.02 Å². The molecule has 0 bridgehead atoms. The normalized spacial score (nSPS) is 12.5. The molecule has 96 valence electrons. The Hall–Kier alpha value is 0.1000. The fourth-order valence-electron chi connectivity index (χ4n) is 1.54. The highest BCUT2D eigenvalue weighted by molar-refractivity contribution is 9.10. The van der Waals surface area contributed by atoms with E-state index in [1.165, 1.54) is 12.2 Å². The van der Waals surface area contributed by atoms with Crippen molar-refractivity contribution in [3.63, 3.8) is 0 Å². The van der Waals surface area contributed by atoms with Gasteiger partial charge in [-0.25, -0.2) is 0 Å². The van der Waals surface area contributed by atoms with Crippen molar-refractivity contribution in [3.05, 3.63) is 27.7 Å². The highest BCUT2D eigenvalue weighted by Gasteiger charge is 2.07. The van der Waals surface area contributed by atoms with Crippen LogP contribution in [0.15, 0.2) is 22.7 Å². The van der Waals surface area contributed by atoms with Gasteiger partial charge in [0.1, 0.15) is 0 Å². The van der Waals surface area contributed by atoms with Crippen LogP contribution >= 0.6 is 39.3 Å². The largest absolute Gasteiger partial charge is 0.381 e. The van der Waals surface area contributed by atoms with Crippen molar-refractivity contribution in [2.24, 2.45) is 5.73 Å². The van der Waals surface area contributed by atoms with Gasteiger partial charge in [-0.15, -0.1) is 0 Å². The number of nitrogens with two attached hydrogens (primary N) is 1. The number of anilines is 1. The molecular weight excluding hydrogens is 320 g/mol. The van der Waals surface area contributed by atoms with Crippen LogP contribution in [-0.2, 0) is 0 Å². The summed E-state index contributed by atoms with van der Waals surface area (Å²) in [5.41, 5.74) is 6.78. The summed E-state index contributed by atoms with van der Waals surface area (Å²) in [6.45, 7) is 0.641. The molecule has 0 fully saturated rings. The first-order valence-corrected chi connectivity index (χ1v) is 8.14. The number of thioether (sulfide) groups is 1. The van der Waals surface area contributed by atoms with Gasteiger partial charge in [0.25, 0.3) is 0 Å². The Balaban J connectivity index is 2.51. The Morgan fingerprint density at radius 3 is 2.88 bits per heavy atom. The number of halogens is 2. The first kappa shape index (κ1) is 15.2. The van der Waals surface area contributed by atoms with Gasteiger partial charge >= 0.3 is 0 Å². The highest BCUT2D eigenvalue weighted by atomic mass is 79.9. The zero-order valence-corrected chi connectivity index (χ0v) is 13.0. The Bertz CT molecular complexity index is 349. The molecule has 0 saturated heterocycles. The second-order valence-electron chi connectivity index (χ2n) is 3.84. The maximum atomic E-state index is 6.05. The zero-order chi connectivity index (χ0) is 12.7. The van der Waals surface area contributed by atoms with Crippen LogP contribution in [0.5, 0.6) is 0 Å². The maximum absolute atomic E-state index is 6.05. The number of rotatable bonds is 7. The molecule has 0 heterocycles. The summed E-state index contributed by atoms with van der Waals surface area (Å²) in [5.74, 6) is 1.18. The molecule has 0 spiro atoms. The van der Waals surface area contributed by atoms with E-state index in [9.17, 15) is 0 Å². The standard InChI is InChI=1S/C12H18BrClN2S/c1-17-6-2-3-10(8-15)16-9-4-5-11(13)12(14)7-9/h4-5,7,10,16H,2-3,6,8,15H2,1H3. The van der Waals surface area contributed by atoms with E-state index >= 15 is 0 Å². The highest BCUT2D eigenvalue weighted by Crippen LogP contribution is 2.26. The average molecular weight is 338 g/mol. The van der Waals surface area contributed by atoms with E-state index in [0.29, 0.717) is 12.6 Å². The molecular formula is C12H18BrClN2S. The Labute approximate surface area is 121 Å². The lowest BCUT2D eigenvalue weighted by Crippen LogP contribution is -2.28. The monoisotopic (exact) mass is 336 g/mol. The lowest BCUT2D eigenvalue weighted by atomic mass is 10.1. The van der Waals surface area contributed by atoms with Crippen molar-refractivity contribution in [1.29, 1.82) is 0 Å². The average Bonchev–Trinajstić information content (AvgIpc) is 2.32. The summed E-state index contributed by atoms with van der Waals surface area (Å²) >= 11 is 11.3. The van der Waals surface area contributed by atoms with E-state index in [1.54, 1.807) is 0 Å². The number of nitrogens with one attached hydrogen (secondary N) is 1. The van der Waals surface area contributed by atoms with Gasteiger partial charge in [-0.2, -0.15) is 11.8 Å². The van der Waals surface area contributed by atoms with Crippen molar-refractivity contribution >= 4 is 45.0 Å². The molecule has 0 amide bonds. The van der Waals surface area contributed by atoms with Crippen LogP contribution in [-0.4, -0.2) is 24.6 Å². The third-order valence-corrected chi connectivity index (χ3v) is 4.41. The molecule has 1 rings (SSSR count). The summed E-state index contributed by atoms with van der Waals surface area (Å²) in [6, 6.07) is 6.19. The minimum atomic E-state index is 0.319. The maximum Gasteiger partial charge on any atom is 0.0568 e.